The Morgan fingerprint density at radius 3 is 3.21 bits per heavy atom. The number of rotatable bonds is 4. The molecule has 1 saturated heterocycles. The first-order valence-electron chi connectivity index (χ1n) is 8.81. The molecule has 2 aliphatic rings. The van der Waals surface area contributed by atoms with Crippen molar-refractivity contribution in [1.82, 2.24) is 15.2 Å². The third kappa shape index (κ3) is 3.80. The van der Waals surface area contributed by atoms with Gasteiger partial charge in [0, 0.05) is 24.7 Å². The smallest absolute Gasteiger partial charge is 0.317 e. The van der Waals surface area contributed by atoms with Crippen molar-refractivity contribution in [3.8, 4) is 5.75 Å². The first-order chi connectivity index (χ1) is 11.6. The number of ether oxygens (including phenoxy) is 2. The monoisotopic (exact) mass is 333 g/mol. The number of aromatic nitrogens is 1. The van der Waals surface area contributed by atoms with Crippen molar-refractivity contribution in [1.29, 1.82) is 0 Å². The van der Waals surface area contributed by atoms with E-state index in [1.54, 1.807) is 12.4 Å². The van der Waals surface area contributed by atoms with Crippen molar-refractivity contribution >= 4 is 6.03 Å². The summed E-state index contributed by atoms with van der Waals surface area (Å²) in [5, 5.41) is 2.98. The molecular weight excluding hydrogens is 306 g/mol. The van der Waals surface area contributed by atoms with E-state index in [4.69, 9.17) is 9.47 Å². The molecule has 3 rings (SSSR count). The second kappa shape index (κ2) is 7.38. The maximum absolute atomic E-state index is 12.4. The molecule has 1 N–H and O–H groups in total. The first-order valence-corrected chi connectivity index (χ1v) is 8.81. The summed E-state index contributed by atoms with van der Waals surface area (Å²) >= 11 is 0. The van der Waals surface area contributed by atoms with Gasteiger partial charge in [-0.3, -0.25) is 4.98 Å². The predicted molar refractivity (Wildman–Crippen MR) is 91.0 cm³/mol. The van der Waals surface area contributed by atoms with E-state index < -0.39 is 0 Å². The minimum Gasteiger partial charge on any atom is -0.492 e. The normalized spacial score (nSPS) is 26.8. The van der Waals surface area contributed by atoms with E-state index in [0.29, 0.717) is 32.2 Å². The van der Waals surface area contributed by atoms with Gasteiger partial charge in [0.2, 0.25) is 0 Å². The zero-order chi connectivity index (χ0) is 17.0. The van der Waals surface area contributed by atoms with Gasteiger partial charge in [-0.2, -0.15) is 0 Å². The van der Waals surface area contributed by atoms with Crippen LogP contribution in [0.15, 0.2) is 24.5 Å². The van der Waals surface area contributed by atoms with Gasteiger partial charge in [-0.15, -0.1) is 0 Å². The molecule has 0 aromatic carbocycles. The molecule has 0 radical (unpaired) electrons. The Labute approximate surface area is 143 Å². The maximum atomic E-state index is 12.4. The quantitative estimate of drug-likeness (QED) is 0.919. The average molecular weight is 333 g/mol. The number of pyridine rings is 1. The molecule has 2 atom stereocenters. The first kappa shape index (κ1) is 17.0. The predicted octanol–water partition coefficient (Wildman–Crippen LogP) is 2.45. The van der Waals surface area contributed by atoms with Crippen LogP contribution in [-0.2, 0) is 4.74 Å². The third-order valence-corrected chi connectivity index (χ3v) is 4.89. The van der Waals surface area contributed by atoms with Crippen LogP contribution in [0.25, 0.3) is 0 Å². The Morgan fingerprint density at radius 2 is 2.46 bits per heavy atom. The van der Waals surface area contributed by atoms with Crippen molar-refractivity contribution in [2.45, 2.75) is 44.8 Å². The summed E-state index contributed by atoms with van der Waals surface area (Å²) in [5.41, 5.74) is -0.269. The number of urea groups is 1. The van der Waals surface area contributed by atoms with Crippen LogP contribution in [0.4, 0.5) is 4.79 Å². The number of amides is 2. The van der Waals surface area contributed by atoms with Crippen LogP contribution in [0, 0.1) is 5.92 Å². The molecule has 0 bridgehead atoms. The average Bonchev–Trinajstić information content (AvgIpc) is 2.95. The highest BCUT2D eigenvalue weighted by molar-refractivity contribution is 5.74. The summed E-state index contributed by atoms with van der Waals surface area (Å²) in [6.45, 7) is 6.45. The molecule has 1 aromatic rings. The number of nitrogens with one attached hydrogen (secondary N) is 1. The highest BCUT2D eigenvalue weighted by atomic mass is 16.5. The SMILES string of the molecule is CC(C)NC(=O)N1CCO[C@]2(CCC[C@H]2COc2cccnc2)C1. The van der Waals surface area contributed by atoms with Crippen LogP contribution in [0.2, 0.25) is 0 Å². The second-order valence-corrected chi connectivity index (χ2v) is 7.03. The van der Waals surface area contributed by atoms with Crippen LogP contribution in [-0.4, -0.2) is 53.9 Å². The fraction of sp³-hybridized carbons (Fsp3) is 0.667. The number of carbonyl (C=O) groups is 1. The number of hydrogen-bond acceptors (Lipinski definition) is 4. The van der Waals surface area contributed by atoms with Crippen LogP contribution >= 0.6 is 0 Å². The van der Waals surface area contributed by atoms with Gasteiger partial charge in [-0.25, -0.2) is 4.79 Å². The van der Waals surface area contributed by atoms with Gasteiger partial charge in [0.15, 0.2) is 0 Å². The topological polar surface area (TPSA) is 63.7 Å². The van der Waals surface area contributed by atoms with Crippen LogP contribution in [0.3, 0.4) is 0 Å². The van der Waals surface area contributed by atoms with Gasteiger partial charge in [-0.05, 0) is 45.2 Å². The lowest BCUT2D eigenvalue weighted by Crippen LogP contribution is -2.58. The zero-order valence-electron chi connectivity index (χ0n) is 14.5. The van der Waals surface area contributed by atoms with E-state index in [-0.39, 0.29) is 17.7 Å². The molecule has 2 fully saturated rings. The summed E-state index contributed by atoms with van der Waals surface area (Å²) in [7, 11) is 0. The number of hydrogen-bond donors (Lipinski definition) is 1. The minimum atomic E-state index is -0.269. The molecule has 1 aliphatic carbocycles. The zero-order valence-corrected chi connectivity index (χ0v) is 14.5. The van der Waals surface area contributed by atoms with Gasteiger partial charge in [-0.1, -0.05) is 0 Å². The Hall–Kier alpha value is -1.82. The number of nitrogens with zero attached hydrogens (tertiary/aromatic N) is 2. The maximum Gasteiger partial charge on any atom is 0.317 e. The van der Waals surface area contributed by atoms with E-state index >= 15 is 0 Å². The summed E-state index contributed by atoms with van der Waals surface area (Å²) in [4.78, 5) is 18.3. The van der Waals surface area contributed by atoms with Crippen molar-refractivity contribution in [2.75, 3.05) is 26.3 Å². The van der Waals surface area contributed by atoms with Crippen LogP contribution < -0.4 is 10.1 Å². The van der Waals surface area contributed by atoms with Crippen LogP contribution in [0.5, 0.6) is 5.75 Å². The lowest BCUT2D eigenvalue weighted by molar-refractivity contribution is -0.125. The van der Waals surface area contributed by atoms with Crippen molar-refractivity contribution in [3.05, 3.63) is 24.5 Å². The molecule has 132 valence electrons. The van der Waals surface area contributed by atoms with E-state index in [2.05, 4.69) is 10.3 Å². The summed E-state index contributed by atoms with van der Waals surface area (Å²) in [6, 6.07) is 3.93. The molecular formula is C18H27N3O3. The summed E-state index contributed by atoms with van der Waals surface area (Å²) < 4.78 is 12.1. The molecule has 2 amide bonds. The third-order valence-electron chi connectivity index (χ3n) is 4.89. The highest BCUT2D eigenvalue weighted by Crippen LogP contribution is 2.41. The Balaban J connectivity index is 1.63. The molecule has 6 heteroatoms. The second-order valence-electron chi connectivity index (χ2n) is 7.03. The molecule has 6 nitrogen and oxygen atoms in total. The fourth-order valence-electron chi connectivity index (χ4n) is 3.70. The standard InChI is InChI=1S/C18H27N3O3/c1-14(2)20-17(22)21-9-10-24-18(13-21)7-3-5-15(18)12-23-16-6-4-8-19-11-16/h4,6,8,11,14-15H,3,5,7,9-10,12-13H2,1-2H3,(H,20,22)/t15-,18+/m0/s1. The highest BCUT2D eigenvalue weighted by Gasteiger charge is 2.48. The van der Waals surface area contributed by atoms with Gasteiger partial charge in [0.25, 0.3) is 0 Å². The number of morpholine rings is 1. The molecule has 1 aromatic heterocycles. The Bertz CT molecular complexity index is 552. The minimum absolute atomic E-state index is 0.00602. The largest absolute Gasteiger partial charge is 0.492 e. The van der Waals surface area contributed by atoms with E-state index in [1.165, 1.54) is 0 Å². The molecule has 1 aliphatic heterocycles. The molecule has 0 unspecified atom stereocenters. The van der Waals surface area contributed by atoms with E-state index in [9.17, 15) is 4.79 Å². The summed E-state index contributed by atoms with van der Waals surface area (Å²) in [6.07, 6.45) is 6.63. The fourth-order valence-corrected chi connectivity index (χ4v) is 3.70. The molecule has 2 heterocycles. The van der Waals surface area contributed by atoms with Crippen molar-refractivity contribution in [3.63, 3.8) is 0 Å². The van der Waals surface area contributed by atoms with Crippen molar-refractivity contribution < 1.29 is 14.3 Å². The van der Waals surface area contributed by atoms with E-state index in [0.717, 1.165) is 25.0 Å². The van der Waals surface area contributed by atoms with Gasteiger partial charge in [0.05, 0.1) is 31.6 Å². The van der Waals surface area contributed by atoms with Crippen LogP contribution in [0.1, 0.15) is 33.1 Å². The summed E-state index contributed by atoms with van der Waals surface area (Å²) in [5.74, 6) is 1.08. The van der Waals surface area contributed by atoms with Gasteiger partial charge in [0.1, 0.15) is 5.75 Å². The molecule has 1 spiro atoms. The van der Waals surface area contributed by atoms with E-state index in [1.807, 2.05) is 30.9 Å². The lowest BCUT2D eigenvalue weighted by atomic mass is 9.89. The lowest BCUT2D eigenvalue weighted by Gasteiger charge is -2.44. The Morgan fingerprint density at radius 1 is 1.58 bits per heavy atom. The van der Waals surface area contributed by atoms with Crippen molar-refractivity contribution in [2.24, 2.45) is 5.92 Å². The van der Waals surface area contributed by atoms with Gasteiger partial charge < -0.3 is 19.7 Å². The Kier molecular flexibility index (Phi) is 5.23. The molecule has 1 saturated carbocycles. The van der Waals surface area contributed by atoms with Gasteiger partial charge >= 0.3 is 6.03 Å². The molecule has 24 heavy (non-hydrogen) atoms. The number of carbonyl (C=O) groups excluding carboxylic acids is 1.